The molecule has 19 heavy (non-hydrogen) atoms. The molecule has 0 spiro atoms. The molecule has 2 nitrogen and oxygen atoms in total. The molecule has 100 valence electrons. The maximum Gasteiger partial charge on any atom is 0.119 e. The van der Waals surface area contributed by atoms with Crippen LogP contribution in [0.2, 0.25) is 0 Å². The Hall–Kier alpha value is -0.840. The van der Waals surface area contributed by atoms with Crippen LogP contribution in [0.3, 0.4) is 0 Å². The van der Waals surface area contributed by atoms with Crippen LogP contribution in [0, 0.1) is 0 Å². The average molecular weight is 338 g/mol. The van der Waals surface area contributed by atoms with Gasteiger partial charge >= 0.3 is 0 Å². The molecule has 1 N–H and O–H groups in total. The number of benzene rings is 1. The molecule has 1 aromatic heterocycles. The first-order valence-corrected chi connectivity index (χ1v) is 8.03. The molecule has 0 bridgehead atoms. The number of hydrogen-bond donors (Lipinski definition) is 1. The third-order valence-electron chi connectivity index (χ3n) is 3.24. The van der Waals surface area contributed by atoms with Crippen molar-refractivity contribution in [2.75, 3.05) is 7.11 Å². The van der Waals surface area contributed by atoms with Crippen molar-refractivity contribution in [3.8, 4) is 16.2 Å². The number of nitrogens with one attached hydrogen (secondary N) is 1. The second-order valence-electron chi connectivity index (χ2n) is 4.77. The van der Waals surface area contributed by atoms with Crippen LogP contribution in [0.5, 0.6) is 5.75 Å². The lowest BCUT2D eigenvalue weighted by Gasteiger charge is -2.05. The molecule has 1 saturated carbocycles. The minimum atomic E-state index is 0.758. The Balaban J connectivity index is 1.80. The fraction of sp³-hybridized carbons (Fsp3) is 0.333. The van der Waals surface area contributed by atoms with Crippen molar-refractivity contribution in [3.05, 3.63) is 39.7 Å². The van der Waals surface area contributed by atoms with Gasteiger partial charge in [0.25, 0.3) is 0 Å². The van der Waals surface area contributed by atoms with E-state index in [9.17, 15) is 0 Å². The molecule has 0 radical (unpaired) electrons. The smallest absolute Gasteiger partial charge is 0.119 e. The van der Waals surface area contributed by atoms with Crippen molar-refractivity contribution in [2.24, 2.45) is 0 Å². The molecule has 3 rings (SSSR count). The van der Waals surface area contributed by atoms with Crippen molar-refractivity contribution < 1.29 is 4.74 Å². The Morgan fingerprint density at radius 2 is 2.16 bits per heavy atom. The van der Waals surface area contributed by atoms with E-state index in [1.54, 1.807) is 7.11 Å². The van der Waals surface area contributed by atoms with Crippen molar-refractivity contribution in [2.45, 2.75) is 25.4 Å². The second-order valence-corrected chi connectivity index (χ2v) is 6.79. The molecule has 4 heteroatoms. The number of ether oxygens (including phenoxy) is 1. The summed E-state index contributed by atoms with van der Waals surface area (Å²) < 4.78 is 6.41. The minimum Gasteiger partial charge on any atom is -0.497 e. The summed E-state index contributed by atoms with van der Waals surface area (Å²) in [5.74, 6) is 0.893. The highest BCUT2D eigenvalue weighted by atomic mass is 79.9. The predicted molar refractivity (Wildman–Crippen MR) is 83.9 cm³/mol. The predicted octanol–water partition coefficient (Wildman–Crippen LogP) is 4.44. The van der Waals surface area contributed by atoms with Gasteiger partial charge in [0.15, 0.2) is 0 Å². The minimum absolute atomic E-state index is 0.758. The lowest BCUT2D eigenvalue weighted by molar-refractivity contribution is 0.415. The lowest BCUT2D eigenvalue weighted by atomic mass is 10.2. The summed E-state index contributed by atoms with van der Waals surface area (Å²) in [6.07, 6.45) is 2.67. The highest BCUT2D eigenvalue weighted by Crippen LogP contribution is 2.36. The van der Waals surface area contributed by atoms with Crippen LogP contribution in [0.1, 0.15) is 17.7 Å². The van der Waals surface area contributed by atoms with Gasteiger partial charge in [-0.25, -0.2) is 0 Å². The van der Waals surface area contributed by atoms with Crippen LogP contribution in [-0.2, 0) is 6.54 Å². The van der Waals surface area contributed by atoms with Gasteiger partial charge in [0.05, 0.1) is 7.11 Å². The quantitative estimate of drug-likeness (QED) is 0.870. The van der Waals surface area contributed by atoms with Gasteiger partial charge < -0.3 is 10.1 Å². The van der Waals surface area contributed by atoms with Gasteiger partial charge in [-0.2, -0.15) is 0 Å². The van der Waals surface area contributed by atoms with Crippen LogP contribution in [0.4, 0.5) is 0 Å². The van der Waals surface area contributed by atoms with Crippen LogP contribution in [0.15, 0.2) is 34.8 Å². The fourth-order valence-electron chi connectivity index (χ4n) is 1.97. The first-order valence-electron chi connectivity index (χ1n) is 6.42. The summed E-state index contributed by atoms with van der Waals surface area (Å²) in [7, 11) is 1.70. The normalized spacial score (nSPS) is 14.6. The standard InChI is InChI=1S/C15H16BrNOS/c1-18-11-4-6-14(16)13(8-11)15-7-5-12(19-15)9-17-10-2-3-10/h4-8,10,17H,2-3,9H2,1H3. The van der Waals surface area contributed by atoms with Crippen molar-refractivity contribution in [3.63, 3.8) is 0 Å². The van der Waals surface area contributed by atoms with Crippen LogP contribution >= 0.6 is 27.3 Å². The Labute approximate surface area is 125 Å². The number of hydrogen-bond acceptors (Lipinski definition) is 3. The molecule has 2 aromatic rings. The van der Waals surface area contributed by atoms with E-state index in [0.717, 1.165) is 22.8 Å². The summed E-state index contributed by atoms with van der Waals surface area (Å²) >= 11 is 5.45. The largest absolute Gasteiger partial charge is 0.497 e. The number of methoxy groups -OCH3 is 1. The molecular weight excluding hydrogens is 322 g/mol. The number of halogens is 1. The number of rotatable bonds is 5. The van der Waals surface area contributed by atoms with Gasteiger partial charge in [0.1, 0.15) is 5.75 Å². The van der Waals surface area contributed by atoms with E-state index in [4.69, 9.17) is 4.74 Å². The van der Waals surface area contributed by atoms with Gasteiger partial charge in [-0.15, -0.1) is 11.3 Å². The first kappa shape index (κ1) is 13.2. The maximum atomic E-state index is 5.30. The maximum absolute atomic E-state index is 5.30. The molecule has 1 fully saturated rings. The molecule has 0 atom stereocenters. The first-order chi connectivity index (χ1) is 9.26. The van der Waals surface area contributed by atoms with Gasteiger partial charge in [-0.1, -0.05) is 15.9 Å². The summed E-state index contributed by atoms with van der Waals surface area (Å²) in [4.78, 5) is 2.66. The van der Waals surface area contributed by atoms with Gasteiger partial charge in [0, 0.05) is 32.4 Å². The second kappa shape index (κ2) is 5.65. The van der Waals surface area contributed by atoms with Gasteiger partial charge in [0.2, 0.25) is 0 Å². The molecule has 0 aliphatic heterocycles. The van der Waals surface area contributed by atoms with Crippen LogP contribution in [0.25, 0.3) is 10.4 Å². The average Bonchev–Trinajstić information content (AvgIpc) is 3.15. The van der Waals surface area contributed by atoms with Crippen molar-refractivity contribution in [1.82, 2.24) is 5.32 Å². The SMILES string of the molecule is COc1ccc(Br)c(-c2ccc(CNC3CC3)s2)c1. The van der Waals surface area contributed by atoms with Crippen LogP contribution < -0.4 is 10.1 Å². The van der Waals surface area contributed by atoms with E-state index in [1.807, 2.05) is 23.5 Å². The number of thiophene rings is 1. The summed E-state index contributed by atoms with van der Waals surface area (Å²) in [6, 6.07) is 11.2. The molecule has 0 amide bonds. The molecule has 1 aliphatic rings. The zero-order valence-electron chi connectivity index (χ0n) is 10.8. The van der Waals surface area contributed by atoms with E-state index in [-0.39, 0.29) is 0 Å². The highest BCUT2D eigenvalue weighted by Gasteiger charge is 2.20. The Bertz CT molecular complexity index is 577. The molecule has 0 unspecified atom stereocenters. The van der Waals surface area contributed by atoms with E-state index >= 15 is 0 Å². The van der Waals surface area contributed by atoms with E-state index in [1.165, 1.54) is 28.2 Å². The molecule has 1 aliphatic carbocycles. The Kier molecular flexibility index (Phi) is 3.91. The van der Waals surface area contributed by atoms with Gasteiger partial charge in [-0.3, -0.25) is 0 Å². The summed E-state index contributed by atoms with van der Waals surface area (Å²) in [5, 5.41) is 3.55. The van der Waals surface area contributed by atoms with E-state index in [0.29, 0.717) is 0 Å². The van der Waals surface area contributed by atoms with Crippen molar-refractivity contribution in [1.29, 1.82) is 0 Å². The summed E-state index contributed by atoms with van der Waals surface area (Å²) in [5.41, 5.74) is 1.20. The topological polar surface area (TPSA) is 21.3 Å². The van der Waals surface area contributed by atoms with Crippen molar-refractivity contribution >= 4 is 27.3 Å². The Morgan fingerprint density at radius 3 is 2.89 bits per heavy atom. The molecular formula is C15H16BrNOS. The zero-order chi connectivity index (χ0) is 13.2. The highest BCUT2D eigenvalue weighted by molar-refractivity contribution is 9.10. The monoisotopic (exact) mass is 337 g/mol. The molecule has 1 heterocycles. The third kappa shape index (κ3) is 3.19. The summed E-state index contributed by atoms with van der Waals surface area (Å²) in [6.45, 7) is 0.983. The van der Waals surface area contributed by atoms with E-state index in [2.05, 4.69) is 39.4 Å². The van der Waals surface area contributed by atoms with E-state index < -0.39 is 0 Å². The molecule has 0 saturated heterocycles. The lowest BCUT2D eigenvalue weighted by Crippen LogP contribution is -2.14. The third-order valence-corrected chi connectivity index (χ3v) is 5.05. The zero-order valence-corrected chi connectivity index (χ0v) is 13.2. The van der Waals surface area contributed by atoms with Gasteiger partial charge in [-0.05, 0) is 43.2 Å². The molecule has 1 aromatic carbocycles. The van der Waals surface area contributed by atoms with Crippen LogP contribution in [-0.4, -0.2) is 13.2 Å². The fourth-order valence-corrected chi connectivity index (χ4v) is 3.55. The Morgan fingerprint density at radius 1 is 1.32 bits per heavy atom.